The number of esters is 1. The SMILES string of the molecule is CC(=O)C(C)CC(=O)OC1(c2cccc(C(C)/C=C(\C)C(O)OC3(c4ccccc4)CCNCC3)c2)CCNCC1. The van der Waals surface area contributed by atoms with Gasteiger partial charge in [-0.1, -0.05) is 74.5 Å². The van der Waals surface area contributed by atoms with Gasteiger partial charge < -0.3 is 25.2 Å². The number of benzene rings is 2. The van der Waals surface area contributed by atoms with E-state index in [0.29, 0.717) is 12.8 Å². The first-order valence-corrected chi connectivity index (χ1v) is 15.0. The summed E-state index contributed by atoms with van der Waals surface area (Å²) in [6.07, 6.45) is 4.03. The van der Waals surface area contributed by atoms with Crippen molar-refractivity contribution in [2.75, 3.05) is 26.2 Å². The molecule has 3 unspecified atom stereocenters. The van der Waals surface area contributed by atoms with Gasteiger partial charge >= 0.3 is 5.97 Å². The zero-order valence-corrected chi connectivity index (χ0v) is 24.9. The zero-order valence-electron chi connectivity index (χ0n) is 24.9. The van der Waals surface area contributed by atoms with Crippen LogP contribution in [0, 0.1) is 5.92 Å². The van der Waals surface area contributed by atoms with E-state index in [1.807, 2.05) is 37.3 Å². The van der Waals surface area contributed by atoms with Crippen LogP contribution in [-0.2, 0) is 30.3 Å². The van der Waals surface area contributed by atoms with Crippen LogP contribution >= 0.6 is 0 Å². The number of ketones is 1. The summed E-state index contributed by atoms with van der Waals surface area (Å²) in [5.41, 5.74) is 2.63. The molecule has 7 heteroatoms. The number of nitrogens with one attached hydrogen (secondary N) is 2. The molecule has 222 valence electrons. The third kappa shape index (κ3) is 7.72. The van der Waals surface area contributed by atoms with E-state index in [1.165, 1.54) is 6.92 Å². The lowest BCUT2D eigenvalue weighted by Crippen LogP contribution is -2.44. The number of carbonyl (C=O) groups excluding carboxylic acids is 2. The molecule has 3 N–H and O–H groups in total. The van der Waals surface area contributed by atoms with Crippen molar-refractivity contribution in [3.05, 3.63) is 82.9 Å². The summed E-state index contributed by atoms with van der Waals surface area (Å²) in [4.78, 5) is 24.6. The Morgan fingerprint density at radius 1 is 0.878 bits per heavy atom. The van der Waals surface area contributed by atoms with E-state index in [4.69, 9.17) is 9.47 Å². The fourth-order valence-electron chi connectivity index (χ4n) is 5.97. The number of rotatable bonds is 11. The summed E-state index contributed by atoms with van der Waals surface area (Å²) in [5, 5.41) is 18.0. The quantitative estimate of drug-likeness (QED) is 0.200. The molecule has 4 rings (SSSR count). The summed E-state index contributed by atoms with van der Waals surface area (Å²) in [5.74, 6) is -0.712. The van der Waals surface area contributed by atoms with Gasteiger partial charge in [0.25, 0.3) is 0 Å². The fourth-order valence-corrected chi connectivity index (χ4v) is 5.97. The zero-order chi connectivity index (χ0) is 29.5. The number of carbonyl (C=O) groups is 2. The Bertz CT molecular complexity index is 1200. The monoisotopic (exact) mass is 562 g/mol. The van der Waals surface area contributed by atoms with Crippen LogP contribution in [0.25, 0.3) is 0 Å². The number of hydrogen-bond donors (Lipinski definition) is 3. The van der Waals surface area contributed by atoms with Gasteiger partial charge in [-0.2, -0.15) is 0 Å². The Balaban J connectivity index is 1.52. The van der Waals surface area contributed by atoms with E-state index >= 15 is 0 Å². The molecule has 2 fully saturated rings. The highest BCUT2D eigenvalue weighted by molar-refractivity contribution is 5.83. The largest absolute Gasteiger partial charge is 0.454 e. The van der Waals surface area contributed by atoms with E-state index in [-0.39, 0.29) is 30.0 Å². The maximum absolute atomic E-state index is 12.9. The van der Waals surface area contributed by atoms with Crippen molar-refractivity contribution in [1.82, 2.24) is 10.6 Å². The van der Waals surface area contributed by atoms with Crippen LogP contribution in [0.5, 0.6) is 0 Å². The molecule has 0 radical (unpaired) electrons. The second-order valence-corrected chi connectivity index (χ2v) is 11.8. The lowest BCUT2D eigenvalue weighted by atomic mass is 9.82. The average molecular weight is 563 g/mol. The van der Waals surface area contributed by atoms with E-state index in [2.05, 4.69) is 47.9 Å². The topological polar surface area (TPSA) is 96.9 Å². The Labute approximate surface area is 244 Å². The van der Waals surface area contributed by atoms with Crippen LogP contribution in [0.4, 0.5) is 0 Å². The molecule has 0 amide bonds. The summed E-state index contributed by atoms with van der Waals surface area (Å²) in [6.45, 7) is 10.5. The average Bonchev–Trinajstić information content (AvgIpc) is 2.98. The predicted octanol–water partition coefficient (Wildman–Crippen LogP) is 5.09. The molecule has 0 spiro atoms. The standard InChI is InChI=1S/C34H46N2O5/c1-24(27(4)37)22-31(38)40-34(15-19-36-20-16-34)30-12-8-9-28(23-30)25(2)21-26(3)32(39)41-33(13-17-35-18-14-33)29-10-6-5-7-11-29/h5-12,21,23-25,32,35-36,39H,13-20,22H2,1-4H3/b26-21+. The van der Waals surface area contributed by atoms with Crippen molar-refractivity contribution < 1.29 is 24.2 Å². The molecule has 2 saturated heterocycles. The Kier molecular flexibility index (Phi) is 10.5. The molecule has 3 atom stereocenters. The van der Waals surface area contributed by atoms with E-state index < -0.39 is 17.5 Å². The number of Topliss-reactive ketones (excluding diaryl/α,β-unsaturated/α-hetero) is 1. The smallest absolute Gasteiger partial charge is 0.307 e. The first-order valence-electron chi connectivity index (χ1n) is 15.0. The Morgan fingerprint density at radius 3 is 2.07 bits per heavy atom. The maximum atomic E-state index is 12.9. The highest BCUT2D eigenvalue weighted by Crippen LogP contribution is 2.39. The van der Waals surface area contributed by atoms with Crippen molar-refractivity contribution in [2.45, 2.75) is 83.2 Å². The lowest BCUT2D eigenvalue weighted by Gasteiger charge is -2.40. The highest BCUT2D eigenvalue weighted by Gasteiger charge is 2.39. The van der Waals surface area contributed by atoms with Crippen LogP contribution in [0.15, 0.2) is 66.2 Å². The minimum Gasteiger partial charge on any atom is -0.454 e. The van der Waals surface area contributed by atoms with E-state index in [9.17, 15) is 14.7 Å². The van der Waals surface area contributed by atoms with Gasteiger partial charge in [0.15, 0.2) is 6.29 Å². The van der Waals surface area contributed by atoms with Crippen molar-refractivity contribution in [1.29, 1.82) is 0 Å². The third-order valence-electron chi connectivity index (χ3n) is 8.78. The van der Waals surface area contributed by atoms with Crippen molar-refractivity contribution >= 4 is 11.8 Å². The van der Waals surface area contributed by atoms with E-state index in [0.717, 1.165) is 61.3 Å². The minimum absolute atomic E-state index is 0.00102. The highest BCUT2D eigenvalue weighted by atomic mass is 16.6. The lowest BCUT2D eigenvalue weighted by molar-refractivity contribution is -0.182. The Morgan fingerprint density at radius 2 is 1.46 bits per heavy atom. The van der Waals surface area contributed by atoms with Gasteiger partial charge in [0.2, 0.25) is 0 Å². The summed E-state index contributed by atoms with van der Waals surface area (Å²) in [6, 6.07) is 18.4. The number of ether oxygens (including phenoxy) is 2. The van der Waals surface area contributed by atoms with Gasteiger partial charge in [-0.3, -0.25) is 9.59 Å². The third-order valence-corrected chi connectivity index (χ3v) is 8.78. The van der Waals surface area contributed by atoms with Gasteiger partial charge in [0.05, 0.1) is 12.0 Å². The van der Waals surface area contributed by atoms with Gasteiger partial charge in [-0.15, -0.1) is 0 Å². The van der Waals surface area contributed by atoms with Crippen molar-refractivity contribution in [3.63, 3.8) is 0 Å². The molecule has 0 saturated carbocycles. The minimum atomic E-state index is -1.03. The summed E-state index contributed by atoms with van der Waals surface area (Å²) < 4.78 is 12.6. The number of piperidine rings is 2. The number of hydrogen-bond acceptors (Lipinski definition) is 7. The molecule has 7 nitrogen and oxygen atoms in total. The normalized spacial score (nSPS) is 21.0. The van der Waals surface area contributed by atoms with E-state index in [1.54, 1.807) is 6.92 Å². The van der Waals surface area contributed by atoms with Gasteiger partial charge in [-0.05, 0) is 81.0 Å². The summed E-state index contributed by atoms with van der Waals surface area (Å²) >= 11 is 0. The van der Waals surface area contributed by atoms with Crippen LogP contribution in [0.3, 0.4) is 0 Å². The Hall–Kier alpha value is -2.84. The molecule has 2 heterocycles. The van der Waals surface area contributed by atoms with Crippen molar-refractivity contribution in [3.8, 4) is 0 Å². The van der Waals surface area contributed by atoms with Gasteiger partial charge in [0, 0.05) is 18.8 Å². The molecule has 0 aliphatic carbocycles. The van der Waals surface area contributed by atoms with Gasteiger partial charge in [-0.25, -0.2) is 0 Å². The van der Waals surface area contributed by atoms with Crippen LogP contribution in [-0.4, -0.2) is 49.3 Å². The molecular weight excluding hydrogens is 516 g/mol. The molecule has 0 bridgehead atoms. The van der Waals surface area contributed by atoms with Crippen LogP contribution in [0.2, 0.25) is 0 Å². The second-order valence-electron chi connectivity index (χ2n) is 11.8. The molecule has 2 aliphatic rings. The first kappa shape index (κ1) is 31.1. The predicted molar refractivity (Wildman–Crippen MR) is 160 cm³/mol. The molecule has 41 heavy (non-hydrogen) atoms. The molecule has 2 aromatic rings. The molecule has 2 aromatic carbocycles. The number of aliphatic hydroxyl groups is 1. The van der Waals surface area contributed by atoms with Gasteiger partial charge in [0.1, 0.15) is 11.4 Å². The molecule has 2 aliphatic heterocycles. The van der Waals surface area contributed by atoms with Crippen LogP contribution in [0.1, 0.15) is 82.4 Å². The summed E-state index contributed by atoms with van der Waals surface area (Å²) in [7, 11) is 0. The second kappa shape index (κ2) is 13.9. The van der Waals surface area contributed by atoms with Crippen LogP contribution < -0.4 is 10.6 Å². The number of allylic oxidation sites excluding steroid dienone is 1. The molecule has 0 aromatic heterocycles. The first-order chi connectivity index (χ1) is 19.6. The fraction of sp³-hybridized carbons (Fsp3) is 0.529. The van der Waals surface area contributed by atoms with Crippen molar-refractivity contribution in [2.24, 2.45) is 5.92 Å². The molecular formula is C34H46N2O5. The maximum Gasteiger partial charge on any atom is 0.307 e. The number of aliphatic hydroxyl groups excluding tert-OH is 1.